The minimum absolute atomic E-state index is 0.0346. The van der Waals surface area contributed by atoms with Gasteiger partial charge in [-0.3, -0.25) is 14.3 Å². The Bertz CT molecular complexity index is 1120. The van der Waals surface area contributed by atoms with Crippen LogP contribution in [-0.2, 0) is 6.54 Å². The third-order valence-corrected chi connectivity index (χ3v) is 6.95. The first-order valence-electron chi connectivity index (χ1n) is 12.2. The Kier molecular flexibility index (Phi) is 8.45. The maximum atomic E-state index is 13.3. The summed E-state index contributed by atoms with van der Waals surface area (Å²) in [7, 11) is 0. The summed E-state index contributed by atoms with van der Waals surface area (Å²) in [5.41, 5.74) is -1.18. The monoisotopic (exact) mass is 525 g/mol. The number of halogens is 3. The Hall–Kier alpha value is -2.52. The van der Waals surface area contributed by atoms with Crippen molar-refractivity contribution in [3.8, 4) is 17.0 Å². The lowest BCUT2D eigenvalue weighted by molar-refractivity contribution is -0.0495. The van der Waals surface area contributed by atoms with Crippen molar-refractivity contribution in [1.82, 2.24) is 15.1 Å². The Morgan fingerprint density at radius 1 is 1.31 bits per heavy atom. The molecule has 2 aromatic rings. The van der Waals surface area contributed by atoms with Crippen LogP contribution >= 0.6 is 11.6 Å². The standard InChI is InChI=1S/C26H34ClF2N3O4/c1-6-32-21(17-8-7-16(22(33)25(3,4)5)13-18(17)36-24(28)29)19(27)20(31-32)23(34)30-14-26(35)11-9-15(2)10-12-26/h7-8,13,15,24,35H,6,9-12,14H2,1-5H3,(H,30,34). The summed E-state index contributed by atoms with van der Waals surface area (Å²) in [6, 6.07) is 4.25. The largest absolute Gasteiger partial charge is 0.434 e. The van der Waals surface area contributed by atoms with Gasteiger partial charge in [-0.2, -0.15) is 13.9 Å². The molecule has 0 spiro atoms. The van der Waals surface area contributed by atoms with Gasteiger partial charge >= 0.3 is 6.61 Å². The van der Waals surface area contributed by atoms with E-state index in [-0.39, 0.29) is 45.6 Å². The SMILES string of the molecule is CCn1nc(C(=O)NCC2(O)CCC(C)CC2)c(Cl)c1-c1ccc(C(=O)C(C)(C)C)cc1OC(F)F. The number of Topliss-reactive ketones (excluding diaryl/α,β-unsaturated/α-hetero) is 1. The summed E-state index contributed by atoms with van der Waals surface area (Å²) < 4.78 is 32.8. The van der Waals surface area contributed by atoms with E-state index in [9.17, 15) is 23.5 Å². The lowest BCUT2D eigenvalue weighted by atomic mass is 9.79. The number of carbonyl (C=O) groups excluding carboxylic acids is 2. The van der Waals surface area contributed by atoms with Crippen molar-refractivity contribution < 1.29 is 28.2 Å². The predicted octanol–water partition coefficient (Wildman–Crippen LogP) is 5.72. The minimum Gasteiger partial charge on any atom is -0.434 e. The summed E-state index contributed by atoms with van der Waals surface area (Å²) in [5.74, 6) is -0.517. The van der Waals surface area contributed by atoms with Crippen molar-refractivity contribution in [1.29, 1.82) is 0 Å². The lowest BCUT2D eigenvalue weighted by Crippen LogP contribution is -2.45. The normalized spacial score (nSPS) is 20.4. The number of amides is 1. The third-order valence-electron chi connectivity index (χ3n) is 6.59. The molecule has 1 aliphatic carbocycles. The number of aromatic nitrogens is 2. The second kappa shape index (κ2) is 10.8. The molecule has 1 aliphatic rings. The highest BCUT2D eigenvalue weighted by Gasteiger charge is 2.33. The number of ether oxygens (including phenoxy) is 1. The Balaban J connectivity index is 1.95. The van der Waals surface area contributed by atoms with Crippen molar-refractivity contribution in [3.05, 3.63) is 34.5 Å². The quantitative estimate of drug-likeness (QED) is 0.430. The van der Waals surface area contributed by atoms with Crippen LogP contribution < -0.4 is 10.1 Å². The van der Waals surface area contributed by atoms with Crippen LogP contribution in [0.2, 0.25) is 5.02 Å². The smallest absolute Gasteiger partial charge is 0.387 e. The van der Waals surface area contributed by atoms with E-state index in [1.165, 1.54) is 22.9 Å². The molecule has 1 amide bonds. The first-order valence-corrected chi connectivity index (χ1v) is 12.5. The van der Waals surface area contributed by atoms with Crippen molar-refractivity contribution in [2.75, 3.05) is 6.54 Å². The fraction of sp³-hybridized carbons (Fsp3) is 0.577. The van der Waals surface area contributed by atoms with E-state index in [0.29, 0.717) is 25.3 Å². The third kappa shape index (κ3) is 6.24. The van der Waals surface area contributed by atoms with Crippen LogP contribution in [-0.4, -0.2) is 45.3 Å². The molecule has 1 heterocycles. The summed E-state index contributed by atoms with van der Waals surface area (Å²) in [4.78, 5) is 25.7. The lowest BCUT2D eigenvalue weighted by Gasteiger charge is -2.34. The minimum atomic E-state index is -3.14. The van der Waals surface area contributed by atoms with Crippen molar-refractivity contribution >= 4 is 23.3 Å². The van der Waals surface area contributed by atoms with E-state index in [4.69, 9.17) is 16.3 Å². The molecule has 0 radical (unpaired) electrons. The van der Waals surface area contributed by atoms with Gasteiger partial charge in [0.1, 0.15) is 5.75 Å². The van der Waals surface area contributed by atoms with Crippen molar-refractivity contribution in [2.45, 2.75) is 79.1 Å². The average Bonchev–Trinajstić information content (AvgIpc) is 3.14. The van der Waals surface area contributed by atoms with E-state index in [2.05, 4.69) is 17.3 Å². The van der Waals surface area contributed by atoms with Gasteiger partial charge in [-0.15, -0.1) is 0 Å². The molecular formula is C26H34ClF2N3O4. The molecule has 3 rings (SSSR count). The fourth-order valence-electron chi connectivity index (χ4n) is 4.36. The molecule has 0 bridgehead atoms. The van der Waals surface area contributed by atoms with Gasteiger partial charge in [0.15, 0.2) is 11.5 Å². The Morgan fingerprint density at radius 3 is 2.50 bits per heavy atom. The van der Waals surface area contributed by atoms with E-state index >= 15 is 0 Å². The van der Waals surface area contributed by atoms with Gasteiger partial charge in [0.2, 0.25) is 0 Å². The summed E-state index contributed by atoms with van der Waals surface area (Å²) in [6.07, 6.45) is 2.93. The molecule has 1 fully saturated rings. The Morgan fingerprint density at radius 2 is 1.94 bits per heavy atom. The van der Waals surface area contributed by atoms with Gasteiger partial charge in [0.25, 0.3) is 5.91 Å². The van der Waals surface area contributed by atoms with Gasteiger partial charge in [-0.05, 0) is 50.7 Å². The number of aliphatic hydroxyl groups is 1. The first kappa shape index (κ1) is 28.1. The maximum Gasteiger partial charge on any atom is 0.387 e. The van der Waals surface area contributed by atoms with Crippen LogP contribution in [0.15, 0.2) is 18.2 Å². The summed E-state index contributed by atoms with van der Waals surface area (Å²) >= 11 is 6.58. The first-order chi connectivity index (χ1) is 16.8. The zero-order chi connectivity index (χ0) is 26.8. The number of hydrogen-bond donors (Lipinski definition) is 2. The highest BCUT2D eigenvalue weighted by Crippen LogP contribution is 2.39. The van der Waals surface area contributed by atoms with Crippen LogP contribution in [0.25, 0.3) is 11.3 Å². The Labute approximate surface area is 215 Å². The zero-order valence-corrected chi connectivity index (χ0v) is 22.1. The molecule has 0 aliphatic heterocycles. The van der Waals surface area contributed by atoms with Crippen molar-refractivity contribution in [2.24, 2.45) is 11.3 Å². The molecule has 7 nitrogen and oxygen atoms in total. The fourth-order valence-corrected chi connectivity index (χ4v) is 4.68. The van der Waals surface area contributed by atoms with Gasteiger partial charge in [-0.1, -0.05) is 45.4 Å². The molecule has 0 saturated heterocycles. The van der Waals surface area contributed by atoms with Gasteiger partial charge in [0, 0.05) is 29.6 Å². The molecular weight excluding hydrogens is 492 g/mol. The van der Waals surface area contributed by atoms with Gasteiger partial charge < -0.3 is 15.2 Å². The molecule has 1 saturated carbocycles. The second-order valence-corrected chi connectivity index (χ2v) is 11.0. The summed E-state index contributed by atoms with van der Waals surface area (Å²) in [6.45, 7) is 6.31. The number of nitrogens with zero attached hydrogens (tertiary/aromatic N) is 2. The topological polar surface area (TPSA) is 93.5 Å². The maximum absolute atomic E-state index is 13.3. The van der Waals surface area contributed by atoms with E-state index in [1.807, 2.05) is 0 Å². The molecule has 36 heavy (non-hydrogen) atoms. The highest BCUT2D eigenvalue weighted by atomic mass is 35.5. The molecule has 1 aromatic heterocycles. The predicted molar refractivity (Wildman–Crippen MR) is 134 cm³/mol. The average molecular weight is 526 g/mol. The van der Waals surface area contributed by atoms with Gasteiger partial charge in [0.05, 0.1) is 16.3 Å². The molecule has 1 aromatic carbocycles. The number of aryl methyl sites for hydroxylation is 1. The van der Waals surface area contributed by atoms with Crippen LogP contribution in [0.4, 0.5) is 8.78 Å². The van der Waals surface area contributed by atoms with Crippen LogP contribution in [0.3, 0.4) is 0 Å². The zero-order valence-electron chi connectivity index (χ0n) is 21.3. The molecule has 0 unspecified atom stereocenters. The summed E-state index contributed by atoms with van der Waals surface area (Å²) in [5, 5.41) is 17.8. The highest BCUT2D eigenvalue weighted by molar-refractivity contribution is 6.36. The number of nitrogens with one attached hydrogen (secondary N) is 1. The van der Waals surface area contributed by atoms with Crippen LogP contribution in [0.5, 0.6) is 5.75 Å². The van der Waals surface area contributed by atoms with Crippen LogP contribution in [0.1, 0.15) is 81.1 Å². The molecule has 2 N–H and O–H groups in total. The van der Waals surface area contributed by atoms with Gasteiger partial charge in [-0.25, -0.2) is 0 Å². The molecule has 0 atom stereocenters. The van der Waals surface area contributed by atoms with E-state index in [1.54, 1.807) is 27.7 Å². The number of rotatable bonds is 8. The van der Waals surface area contributed by atoms with E-state index < -0.39 is 23.5 Å². The van der Waals surface area contributed by atoms with E-state index in [0.717, 1.165) is 12.8 Å². The van der Waals surface area contributed by atoms with Crippen molar-refractivity contribution in [3.63, 3.8) is 0 Å². The second-order valence-electron chi connectivity index (χ2n) is 10.6. The molecule has 10 heteroatoms. The van der Waals surface area contributed by atoms with Crippen LogP contribution in [0, 0.1) is 11.3 Å². The number of hydrogen-bond acceptors (Lipinski definition) is 5. The number of carbonyl (C=O) groups is 2. The number of benzene rings is 1. The number of alkyl halides is 2. The molecule has 198 valence electrons. The number of ketones is 1.